The molecule has 98 valence electrons. The number of esters is 1. The van der Waals surface area contributed by atoms with Crippen LogP contribution in [0, 0.1) is 11.8 Å². The van der Waals surface area contributed by atoms with Crippen molar-refractivity contribution in [2.75, 3.05) is 12.4 Å². The SMILES string of the molecule is COC(=O)c1ccc(NC(=O)C(C)C(C)C)cc1. The summed E-state index contributed by atoms with van der Waals surface area (Å²) in [4.78, 5) is 23.1. The van der Waals surface area contributed by atoms with Gasteiger partial charge in [0.25, 0.3) is 0 Å². The van der Waals surface area contributed by atoms with Crippen molar-refractivity contribution in [2.24, 2.45) is 11.8 Å². The Morgan fingerprint density at radius 3 is 2.11 bits per heavy atom. The number of hydrogen-bond acceptors (Lipinski definition) is 3. The maximum atomic E-state index is 11.8. The fourth-order valence-electron chi connectivity index (χ4n) is 1.37. The molecule has 0 spiro atoms. The lowest BCUT2D eigenvalue weighted by Gasteiger charge is -2.15. The predicted octanol–water partition coefficient (Wildman–Crippen LogP) is 2.70. The Morgan fingerprint density at radius 2 is 1.67 bits per heavy atom. The van der Waals surface area contributed by atoms with Crippen LogP contribution in [0.1, 0.15) is 31.1 Å². The zero-order valence-corrected chi connectivity index (χ0v) is 11.2. The summed E-state index contributed by atoms with van der Waals surface area (Å²) in [5, 5.41) is 2.82. The number of methoxy groups -OCH3 is 1. The molecule has 18 heavy (non-hydrogen) atoms. The van der Waals surface area contributed by atoms with Crippen molar-refractivity contribution < 1.29 is 14.3 Å². The Kier molecular flexibility index (Phi) is 4.89. The van der Waals surface area contributed by atoms with Crippen LogP contribution in [-0.4, -0.2) is 19.0 Å². The first kappa shape index (κ1) is 14.2. The second-order valence-electron chi connectivity index (χ2n) is 4.59. The Labute approximate surface area is 107 Å². The average Bonchev–Trinajstić information content (AvgIpc) is 2.37. The molecule has 0 aliphatic carbocycles. The zero-order valence-electron chi connectivity index (χ0n) is 11.2. The van der Waals surface area contributed by atoms with Crippen molar-refractivity contribution in [3.8, 4) is 0 Å². The van der Waals surface area contributed by atoms with Crippen LogP contribution in [0.2, 0.25) is 0 Å². The molecule has 1 amide bonds. The molecule has 0 saturated heterocycles. The quantitative estimate of drug-likeness (QED) is 0.835. The minimum atomic E-state index is -0.386. The van der Waals surface area contributed by atoms with E-state index in [0.29, 0.717) is 17.2 Å². The zero-order chi connectivity index (χ0) is 13.7. The number of ether oxygens (including phenoxy) is 1. The van der Waals surface area contributed by atoms with Gasteiger partial charge >= 0.3 is 5.97 Å². The molecule has 0 fully saturated rings. The summed E-state index contributed by atoms with van der Waals surface area (Å²) in [5.74, 6) is -0.163. The first-order chi connectivity index (χ1) is 8.45. The molecule has 0 aliphatic heterocycles. The van der Waals surface area contributed by atoms with E-state index in [2.05, 4.69) is 10.1 Å². The Bertz CT molecular complexity index is 423. The summed E-state index contributed by atoms with van der Waals surface area (Å²) in [6.07, 6.45) is 0. The second-order valence-corrected chi connectivity index (χ2v) is 4.59. The topological polar surface area (TPSA) is 55.4 Å². The first-order valence-electron chi connectivity index (χ1n) is 5.95. The van der Waals surface area contributed by atoms with Gasteiger partial charge in [-0.2, -0.15) is 0 Å². The first-order valence-corrected chi connectivity index (χ1v) is 5.95. The number of nitrogens with one attached hydrogen (secondary N) is 1. The van der Waals surface area contributed by atoms with Crippen molar-refractivity contribution in [3.63, 3.8) is 0 Å². The van der Waals surface area contributed by atoms with Crippen molar-refractivity contribution >= 4 is 17.6 Å². The van der Waals surface area contributed by atoms with Gasteiger partial charge in [0.1, 0.15) is 0 Å². The number of anilines is 1. The lowest BCUT2D eigenvalue weighted by atomic mass is 9.97. The van der Waals surface area contributed by atoms with Crippen LogP contribution in [-0.2, 0) is 9.53 Å². The third-order valence-electron chi connectivity index (χ3n) is 2.99. The van der Waals surface area contributed by atoms with Crippen LogP contribution < -0.4 is 5.32 Å². The van der Waals surface area contributed by atoms with Gasteiger partial charge in [-0.05, 0) is 30.2 Å². The van der Waals surface area contributed by atoms with Gasteiger partial charge in [0, 0.05) is 11.6 Å². The maximum Gasteiger partial charge on any atom is 0.337 e. The van der Waals surface area contributed by atoms with Gasteiger partial charge in [-0.1, -0.05) is 20.8 Å². The number of rotatable bonds is 4. The van der Waals surface area contributed by atoms with Gasteiger partial charge in [0.05, 0.1) is 12.7 Å². The van der Waals surface area contributed by atoms with Crippen molar-refractivity contribution in [1.82, 2.24) is 0 Å². The lowest BCUT2D eigenvalue weighted by molar-refractivity contribution is -0.120. The normalized spacial score (nSPS) is 12.1. The molecule has 1 aromatic carbocycles. The van der Waals surface area contributed by atoms with Crippen LogP contribution >= 0.6 is 0 Å². The van der Waals surface area contributed by atoms with Crippen molar-refractivity contribution in [2.45, 2.75) is 20.8 Å². The summed E-state index contributed by atoms with van der Waals surface area (Å²) < 4.78 is 4.60. The molecule has 4 nitrogen and oxygen atoms in total. The highest BCUT2D eigenvalue weighted by Gasteiger charge is 2.16. The van der Waals surface area contributed by atoms with Crippen LogP contribution in [0.5, 0.6) is 0 Å². The van der Waals surface area contributed by atoms with Crippen LogP contribution in [0.15, 0.2) is 24.3 Å². The minimum Gasteiger partial charge on any atom is -0.465 e. The average molecular weight is 249 g/mol. The van der Waals surface area contributed by atoms with Gasteiger partial charge in [0.2, 0.25) is 5.91 Å². The van der Waals surface area contributed by atoms with Gasteiger partial charge < -0.3 is 10.1 Å². The number of carbonyl (C=O) groups is 2. The van der Waals surface area contributed by atoms with E-state index >= 15 is 0 Å². The standard InChI is InChI=1S/C14H19NO3/c1-9(2)10(3)13(16)15-12-7-5-11(6-8-12)14(17)18-4/h5-10H,1-4H3,(H,15,16). The molecule has 0 aromatic heterocycles. The molecule has 0 radical (unpaired) electrons. The molecule has 0 saturated carbocycles. The highest BCUT2D eigenvalue weighted by molar-refractivity contribution is 5.94. The van der Waals surface area contributed by atoms with Gasteiger partial charge in [0.15, 0.2) is 0 Å². The largest absolute Gasteiger partial charge is 0.465 e. The summed E-state index contributed by atoms with van der Waals surface area (Å²) in [5.41, 5.74) is 1.15. The van der Waals surface area contributed by atoms with E-state index in [1.54, 1.807) is 24.3 Å². The predicted molar refractivity (Wildman–Crippen MR) is 70.4 cm³/mol. The summed E-state index contributed by atoms with van der Waals surface area (Å²) in [6, 6.07) is 6.64. The molecule has 1 rings (SSSR count). The summed E-state index contributed by atoms with van der Waals surface area (Å²) >= 11 is 0. The number of carbonyl (C=O) groups excluding carboxylic acids is 2. The Morgan fingerprint density at radius 1 is 1.11 bits per heavy atom. The molecule has 0 aliphatic rings. The third kappa shape index (κ3) is 3.58. The van der Waals surface area contributed by atoms with Crippen molar-refractivity contribution in [1.29, 1.82) is 0 Å². The fourth-order valence-corrected chi connectivity index (χ4v) is 1.37. The molecular formula is C14H19NO3. The second kappa shape index (κ2) is 6.19. The number of amides is 1. The molecule has 1 N–H and O–H groups in total. The number of benzene rings is 1. The fraction of sp³-hybridized carbons (Fsp3) is 0.429. The van der Waals surface area contributed by atoms with Crippen LogP contribution in [0.25, 0.3) is 0 Å². The Balaban J connectivity index is 2.69. The minimum absolute atomic E-state index is 0.0178. The van der Waals surface area contributed by atoms with Crippen LogP contribution in [0.4, 0.5) is 5.69 Å². The summed E-state index contributed by atoms with van der Waals surface area (Å²) in [7, 11) is 1.34. The highest BCUT2D eigenvalue weighted by Crippen LogP contribution is 2.15. The van der Waals surface area contributed by atoms with Gasteiger partial charge in [-0.15, -0.1) is 0 Å². The molecule has 0 bridgehead atoms. The lowest BCUT2D eigenvalue weighted by Crippen LogP contribution is -2.24. The van der Waals surface area contributed by atoms with Gasteiger partial charge in [-0.25, -0.2) is 4.79 Å². The molecular weight excluding hydrogens is 230 g/mol. The molecule has 0 heterocycles. The number of hydrogen-bond donors (Lipinski definition) is 1. The van der Waals surface area contributed by atoms with Crippen molar-refractivity contribution in [3.05, 3.63) is 29.8 Å². The van der Waals surface area contributed by atoms with E-state index < -0.39 is 0 Å². The summed E-state index contributed by atoms with van der Waals surface area (Å²) in [6.45, 7) is 5.90. The Hall–Kier alpha value is -1.84. The maximum absolute atomic E-state index is 11.8. The molecule has 1 aromatic rings. The molecule has 1 unspecified atom stereocenters. The van der Waals surface area contributed by atoms with Crippen LogP contribution in [0.3, 0.4) is 0 Å². The smallest absolute Gasteiger partial charge is 0.337 e. The van der Waals surface area contributed by atoms with E-state index in [0.717, 1.165) is 0 Å². The van der Waals surface area contributed by atoms with E-state index in [-0.39, 0.29) is 17.8 Å². The molecule has 1 atom stereocenters. The van der Waals surface area contributed by atoms with E-state index in [9.17, 15) is 9.59 Å². The van der Waals surface area contributed by atoms with Gasteiger partial charge in [-0.3, -0.25) is 4.79 Å². The third-order valence-corrected chi connectivity index (χ3v) is 2.99. The monoisotopic (exact) mass is 249 g/mol. The van der Waals surface area contributed by atoms with E-state index in [4.69, 9.17) is 0 Å². The van der Waals surface area contributed by atoms with E-state index in [1.807, 2.05) is 20.8 Å². The molecule has 4 heteroatoms. The van der Waals surface area contributed by atoms with E-state index in [1.165, 1.54) is 7.11 Å². The highest BCUT2D eigenvalue weighted by atomic mass is 16.5.